The Morgan fingerprint density at radius 3 is 2.59 bits per heavy atom. The number of nitrogens with zero attached hydrogens (tertiary/aromatic N) is 6. The Balaban J connectivity index is 1.73. The maximum atomic E-state index is 5.66. The molecule has 29 heavy (non-hydrogen) atoms. The van der Waals surface area contributed by atoms with E-state index < -0.39 is 0 Å². The lowest BCUT2D eigenvalue weighted by Gasteiger charge is -2.20. The second-order valence-electron chi connectivity index (χ2n) is 7.65. The number of tetrazole rings is 1. The minimum Gasteiger partial charge on any atom is -0.496 e. The molecule has 0 spiro atoms. The Bertz CT molecular complexity index is 973. The maximum Gasteiger partial charge on any atom is 0.217 e. The Morgan fingerprint density at radius 1 is 1.14 bits per heavy atom. The van der Waals surface area contributed by atoms with Crippen LogP contribution in [0.15, 0.2) is 28.7 Å². The number of aryl methyl sites for hydroxylation is 2. The van der Waals surface area contributed by atoms with Gasteiger partial charge in [0.25, 0.3) is 0 Å². The normalized spacial score (nSPS) is 12.0. The summed E-state index contributed by atoms with van der Waals surface area (Å²) in [5.74, 6) is 2.77. The fourth-order valence-corrected chi connectivity index (χ4v) is 2.99. The van der Waals surface area contributed by atoms with Crippen LogP contribution >= 0.6 is 0 Å². The quantitative estimate of drug-likeness (QED) is 0.540. The van der Waals surface area contributed by atoms with Gasteiger partial charge >= 0.3 is 0 Å². The van der Waals surface area contributed by atoms with E-state index in [1.807, 2.05) is 32.0 Å². The molecule has 2 heterocycles. The predicted octanol–water partition coefficient (Wildman–Crippen LogP) is 3.99. The summed E-state index contributed by atoms with van der Waals surface area (Å²) in [6.07, 6.45) is 6.55. The molecule has 0 aliphatic rings. The summed E-state index contributed by atoms with van der Waals surface area (Å²) < 4.78 is 11.2. The first-order valence-corrected chi connectivity index (χ1v) is 9.88. The van der Waals surface area contributed by atoms with Crippen LogP contribution in [0.4, 0.5) is 0 Å². The van der Waals surface area contributed by atoms with Crippen LogP contribution in [-0.2, 0) is 19.4 Å². The number of allylic oxidation sites excluding steroid dienone is 1. The average Bonchev–Trinajstić information content (AvgIpc) is 3.36. The SMILES string of the molecule is CCc1nnc(CC(C)(C)C/C=C/c2cc(-c3nnn(CC)n3)ccc2OC)o1. The number of rotatable bonds is 9. The zero-order chi connectivity index (χ0) is 20.9. The third-order valence-corrected chi connectivity index (χ3v) is 4.63. The zero-order valence-corrected chi connectivity index (χ0v) is 17.7. The predicted molar refractivity (Wildman–Crippen MR) is 110 cm³/mol. The second-order valence-corrected chi connectivity index (χ2v) is 7.65. The van der Waals surface area contributed by atoms with Gasteiger partial charge in [-0.15, -0.1) is 20.4 Å². The molecule has 0 N–H and O–H groups in total. The van der Waals surface area contributed by atoms with Crippen LogP contribution in [0.3, 0.4) is 0 Å². The standard InChI is InChI=1S/C21H28N6O2/c1-6-18-22-23-19(29-18)14-21(3,4)12-8-9-15-13-16(10-11-17(15)28-5)20-24-26-27(7-2)25-20/h8-11,13H,6-7,12,14H2,1-5H3/b9-8+. The van der Waals surface area contributed by atoms with Crippen LogP contribution in [0.1, 0.15) is 51.5 Å². The van der Waals surface area contributed by atoms with E-state index in [4.69, 9.17) is 9.15 Å². The summed E-state index contributed by atoms with van der Waals surface area (Å²) in [5.41, 5.74) is 1.87. The molecular weight excluding hydrogens is 368 g/mol. The molecule has 0 radical (unpaired) electrons. The minimum atomic E-state index is -0.00966. The molecule has 2 aromatic heterocycles. The fourth-order valence-electron chi connectivity index (χ4n) is 2.99. The van der Waals surface area contributed by atoms with Crippen molar-refractivity contribution in [3.8, 4) is 17.1 Å². The molecule has 3 rings (SSSR count). The molecule has 8 nitrogen and oxygen atoms in total. The van der Waals surface area contributed by atoms with Gasteiger partial charge in [-0.05, 0) is 42.2 Å². The maximum absolute atomic E-state index is 5.66. The molecule has 0 fully saturated rings. The molecule has 1 aromatic carbocycles. The van der Waals surface area contributed by atoms with Crippen LogP contribution < -0.4 is 4.74 Å². The highest BCUT2D eigenvalue weighted by Crippen LogP contribution is 2.29. The molecule has 0 saturated heterocycles. The van der Waals surface area contributed by atoms with Gasteiger partial charge in [0, 0.05) is 24.0 Å². The molecule has 0 bridgehead atoms. The molecule has 8 heteroatoms. The van der Waals surface area contributed by atoms with E-state index in [0.717, 1.165) is 36.1 Å². The van der Waals surface area contributed by atoms with Crippen LogP contribution in [0.2, 0.25) is 0 Å². The minimum absolute atomic E-state index is 0.00966. The van der Waals surface area contributed by atoms with Gasteiger partial charge in [-0.3, -0.25) is 0 Å². The van der Waals surface area contributed by atoms with Gasteiger partial charge in [0.1, 0.15) is 5.75 Å². The molecule has 3 aromatic rings. The van der Waals surface area contributed by atoms with Crippen molar-refractivity contribution in [1.82, 2.24) is 30.4 Å². The Morgan fingerprint density at radius 2 is 1.93 bits per heavy atom. The highest BCUT2D eigenvalue weighted by Gasteiger charge is 2.21. The van der Waals surface area contributed by atoms with Gasteiger partial charge in [0.15, 0.2) is 0 Å². The summed E-state index contributed by atoms with van der Waals surface area (Å²) in [5, 5.41) is 20.7. The zero-order valence-electron chi connectivity index (χ0n) is 17.7. The summed E-state index contributed by atoms with van der Waals surface area (Å²) in [4.78, 5) is 1.57. The average molecular weight is 396 g/mol. The third kappa shape index (κ3) is 5.28. The highest BCUT2D eigenvalue weighted by atomic mass is 16.5. The van der Waals surface area contributed by atoms with E-state index in [1.165, 1.54) is 0 Å². The Hall–Kier alpha value is -3.03. The van der Waals surface area contributed by atoms with E-state index in [9.17, 15) is 0 Å². The number of benzene rings is 1. The number of aromatic nitrogens is 6. The Labute approximate surface area is 171 Å². The van der Waals surface area contributed by atoms with Crippen molar-refractivity contribution in [2.24, 2.45) is 5.41 Å². The topological polar surface area (TPSA) is 91.8 Å². The van der Waals surface area contributed by atoms with Crippen LogP contribution in [-0.4, -0.2) is 37.5 Å². The van der Waals surface area contributed by atoms with E-state index in [2.05, 4.69) is 51.6 Å². The van der Waals surface area contributed by atoms with Crippen molar-refractivity contribution in [2.45, 2.75) is 53.5 Å². The lowest BCUT2D eigenvalue weighted by Crippen LogP contribution is -2.14. The first kappa shape index (κ1) is 20.7. The molecule has 0 saturated carbocycles. The molecule has 0 aliphatic heterocycles. The van der Waals surface area contributed by atoms with Crippen LogP contribution in [0.5, 0.6) is 5.75 Å². The van der Waals surface area contributed by atoms with Gasteiger partial charge in [-0.2, -0.15) is 4.80 Å². The van der Waals surface area contributed by atoms with Crippen LogP contribution in [0.25, 0.3) is 17.5 Å². The van der Waals surface area contributed by atoms with E-state index >= 15 is 0 Å². The lowest BCUT2D eigenvalue weighted by molar-refractivity contribution is 0.319. The molecule has 0 atom stereocenters. The first-order valence-electron chi connectivity index (χ1n) is 9.88. The van der Waals surface area contributed by atoms with Gasteiger partial charge in [-0.25, -0.2) is 0 Å². The monoisotopic (exact) mass is 396 g/mol. The van der Waals surface area contributed by atoms with Gasteiger partial charge < -0.3 is 9.15 Å². The third-order valence-electron chi connectivity index (χ3n) is 4.63. The summed E-state index contributed by atoms with van der Waals surface area (Å²) in [6.45, 7) is 9.05. The van der Waals surface area contributed by atoms with E-state index in [-0.39, 0.29) is 5.41 Å². The summed E-state index contributed by atoms with van der Waals surface area (Å²) in [7, 11) is 1.67. The first-order chi connectivity index (χ1) is 13.9. The number of hydrogen-bond acceptors (Lipinski definition) is 7. The highest BCUT2D eigenvalue weighted by molar-refractivity contribution is 5.66. The molecular formula is C21H28N6O2. The lowest BCUT2D eigenvalue weighted by atomic mass is 9.85. The largest absolute Gasteiger partial charge is 0.496 e. The molecule has 0 amide bonds. The van der Waals surface area contributed by atoms with Crippen molar-refractivity contribution in [1.29, 1.82) is 0 Å². The van der Waals surface area contributed by atoms with Gasteiger partial charge in [0.05, 0.1) is 13.7 Å². The second kappa shape index (κ2) is 8.98. The fraction of sp³-hybridized carbons (Fsp3) is 0.476. The van der Waals surface area contributed by atoms with Crippen molar-refractivity contribution in [3.05, 3.63) is 41.6 Å². The van der Waals surface area contributed by atoms with E-state index in [0.29, 0.717) is 24.2 Å². The van der Waals surface area contributed by atoms with Crippen molar-refractivity contribution in [2.75, 3.05) is 7.11 Å². The summed E-state index contributed by atoms with van der Waals surface area (Å²) in [6, 6.07) is 5.89. The smallest absolute Gasteiger partial charge is 0.217 e. The molecule has 154 valence electrons. The van der Waals surface area contributed by atoms with Gasteiger partial charge in [0.2, 0.25) is 17.6 Å². The van der Waals surface area contributed by atoms with Crippen LogP contribution in [0, 0.1) is 5.41 Å². The van der Waals surface area contributed by atoms with Crippen molar-refractivity contribution < 1.29 is 9.15 Å². The van der Waals surface area contributed by atoms with E-state index in [1.54, 1.807) is 11.9 Å². The molecule has 0 aliphatic carbocycles. The number of hydrogen-bond donors (Lipinski definition) is 0. The van der Waals surface area contributed by atoms with Crippen molar-refractivity contribution in [3.63, 3.8) is 0 Å². The van der Waals surface area contributed by atoms with Crippen molar-refractivity contribution >= 4 is 6.08 Å². The molecule has 0 unspecified atom stereocenters. The summed E-state index contributed by atoms with van der Waals surface area (Å²) >= 11 is 0. The number of ether oxygens (including phenoxy) is 1. The number of methoxy groups -OCH3 is 1. The Kier molecular flexibility index (Phi) is 6.41. The van der Waals surface area contributed by atoms with Gasteiger partial charge in [-0.1, -0.05) is 32.9 Å².